The molecule has 21 heavy (non-hydrogen) atoms. The van der Waals surface area contributed by atoms with Crippen LogP contribution in [0.2, 0.25) is 0 Å². The van der Waals surface area contributed by atoms with Gasteiger partial charge in [-0.15, -0.1) is 0 Å². The highest BCUT2D eigenvalue weighted by molar-refractivity contribution is 5.21. The number of benzene rings is 1. The van der Waals surface area contributed by atoms with E-state index < -0.39 is 11.6 Å². The van der Waals surface area contributed by atoms with Gasteiger partial charge in [-0.1, -0.05) is 12.5 Å². The predicted octanol–water partition coefficient (Wildman–Crippen LogP) is 4.07. The Bertz CT molecular complexity index is 540. The number of halogens is 2. The molecule has 3 heteroatoms. The van der Waals surface area contributed by atoms with Crippen molar-refractivity contribution >= 4 is 0 Å². The summed E-state index contributed by atoms with van der Waals surface area (Å²) in [5.41, 5.74) is 1.23. The second-order valence-corrected chi connectivity index (χ2v) is 7.52. The molecular formula is C18H23F2N. The molecule has 114 valence electrons. The lowest BCUT2D eigenvalue weighted by molar-refractivity contribution is 0.155. The maximum atomic E-state index is 13.5. The fourth-order valence-corrected chi connectivity index (χ4v) is 4.74. The molecule has 1 N–H and O–H groups in total. The number of fused-ring (bicyclic) bond motifs is 2. The molecular weight excluding hydrogens is 268 g/mol. The van der Waals surface area contributed by atoms with Crippen LogP contribution in [0.4, 0.5) is 8.78 Å². The summed E-state index contributed by atoms with van der Waals surface area (Å²) in [6.45, 7) is 1.05. The van der Waals surface area contributed by atoms with Gasteiger partial charge in [0.05, 0.1) is 0 Å². The van der Waals surface area contributed by atoms with Crippen molar-refractivity contribution in [2.75, 3.05) is 6.54 Å². The molecule has 3 atom stereocenters. The van der Waals surface area contributed by atoms with E-state index in [0.29, 0.717) is 6.04 Å². The number of hydrogen-bond donors (Lipinski definition) is 1. The Morgan fingerprint density at radius 1 is 1.10 bits per heavy atom. The minimum absolute atomic E-state index is 0.274. The fourth-order valence-electron chi connectivity index (χ4n) is 4.74. The fraction of sp³-hybridized carbons (Fsp3) is 0.667. The molecule has 0 aliphatic heterocycles. The van der Waals surface area contributed by atoms with Crippen LogP contribution in [0.5, 0.6) is 0 Å². The Balaban J connectivity index is 1.55. The largest absolute Gasteiger partial charge is 0.313 e. The SMILES string of the molecule is Fc1ccc(CC2(CNC3CC3)CC3CCC2C3)cc1F. The molecule has 3 fully saturated rings. The molecule has 3 aliphatic rings. The molecule has 3 unspecified atom stereocenters. The summed E-state index contributed by atoms with van der Waals surface area (Å²) in [4.78, 5) is 0. The molecule has 4 rings (SSSR count). The highest BCUT2D eigenvalue weighted by atomic mass is 19.2. The van der Waals surface area contributed by atoms with Gasteiger partial charge in [-0.2, -0.15) is 0 Å². The normalized spacial score (nSPS) is 34.6. The van der Waals surface area contributed by atoms with Crippen LogP contribution in [0.1, 0.15) is 44.1 Å². The molecule has 1 aromatic carbocycles. The molecule has 2 bridgehead atoms. The zero-order chi connectivity index (χ0) is 14.4. The van der Waals surface area contributed by atoms with E-state index in [1.807, 2.05) is 0 Å². The van der Waals surface area contributed by atoms with Gasteiger partial charge >= 0.3 is 0 Å². The van der Waals surface area contributed by atoms with E-state index in [1.54, 1.807) is 6.07 Å². The third kappa shape index (κ3) is 2.61. The van der Waals surface area contributed by atoms with E-state index in [9.17, 15) is 8.78 Å². The third-order valence-electron chi connectivity index (χ3n) is 5.96. The smallest absolute Gasteiger partial charge is 0.159 e. The van der Waals surface area contributed by atoms with Crippen LogP contribution in [0.15, 0.2) is 18.2 Å². The van der Waals surface area contributed by atoms with E-state index in [0.717, 1.165) is 30.4 Å². The van der Waals surface area contributed by atoms with Crippen LogP contribution in [-0.4, -0.2) is 12.6 Å². The minimum Gasteiger partial charge on any atom is -0.313 e. The van der Waals surface area contributed by atoms with Crippen LogP contribution in [0, 0.1) is 28.9 Å². The monoisotopic (exact) mass is 291 g/mol. The van der Waals surface area contributed by atoms with Crippen molar-refractivity contribution in [3.63, 3.8) is 0 Å². The first-order valence-corrected chi connectivity index (χ1v) is 8.32. The zero-order valence-electron chi connectivity index (χ0n) is 12.4. The van der Waals surface area contributed by atoms with Gasteiger partial charge in [0.2, 0.25) is 0 Å². The van der Waals surface area contributed by atoms with Crippen LogP contribution in [0.25, 0.3) is 0 Å². The van der Waals surface area contributed by atoms with Crippen molar-refractivity contribution in [2.45, 2.75) is 51.0 Å². The number of nitrogens with one attached hydrogen (secondary N) is 1. The van der Waals surface area contributed by atoms with Gasteiger partial charge in [0.15, 0.2) is 11.6 Å². The van der Waals surface area contributed by atoms with Gasteiger partial charge in [0, 0.05) is 12.6 Å². The maximum absolute atomic E-state index is 13.5. The Hall–Kier alpha value is -0.960. The summed E-state index contributed by atoms with van der Waals surface area (Å²) in [7, 11) is 0. The number of rotatable bonds is 5. The Labute approximate surface area is 125 Å². The van der Waals surface area contributed by atoms with Crippen molar-refractivity contribution in [3.8, 4) is 0 Å². The lowest BCUT2D eigenvalue weighted by Gasteiger charge is -2.38. The molecule has 1 aromatic rings. The van der Waals surface area contributed by atoms with Gasteiger partial charge in [-0.3, -0.25) is 0 Å². The second-order valence-electron chi connectivity index (χ2n) is 7.52. The molecule has 0 saturated heterocycles. The molecule has 3 saturated carbocycles. The molecule has 3 aliphatic carbocycles. The van der Waals surface area contributed by atoms with Crippen molar-refractivity contribution in [1.29, 1.82) is 0 Å². The molecule has 1 nitrogen and oxygen atoms in total. The van der Waals surface area contributed by atoms with E-state index in [1.165, 1.54) is 50.7 Å². The van der Waals surface area contributed by atoms with E-state index in [2.05, 4.69) is 5.32 Å². The minimum atomic E-state index is -0.739. The molecule has 0 spiro atoms. The van der Waals surface area contributed by atoms with E-state index in [4.69, 9.17) is 0 Å². The predicted molar refractivity (Wildman–Crippen MR) is 79.0 cm³/mol. The van der Waals surface area contributed by atoms with Gasteiger partial charge in [-0.05, 0) is 73.5 Å². The van der Waals surface area contributed by atoms with Crippen LogP contribution < -0.4 is 5.32 Å². The first-order valence-electron chi connectivity index (χ1n) is 8.32. The lowest BCUT2D eigenvalue weighted by atomic mass is 9.69. The van der Waals surface area contributed by atoms with Crippen molar-refractivity contribution in [1.82, 2.24) is 5.32 Å². The first kappa shape index (κ1) is 13.7. The Morgan fingerprint density at radius 2 is 1.95 bits per heavy atom. The number of hydrogen-bond acceptors (Lipinski definition) is 1. The standard InChI is InChI=1S/C18H23F2N/c19-16-6-2-13(8-17(16)20)10-18(11-21-15-4-5-15)9-12-1-3-14(18)7-12/h2,6,8,12,14-15,21H,1,3-5,7,9-11H2. The first-order chi connectivity index (χ1) is 10.1. The maximum Gasteiger partial charge on any atom is 0.159 e. The summed E-state index contributed by atoms with van der Waals surface area (Å²) in [6, 6.07) is 5.16. The average molecular weight is 291 g/mol. The summed E-state index contributed by atoms with van der Waals surface area (Å²) >= 11 is 0. The summed E-state index contributed by atoms with van der Waals surface area (Å²) in [5.74, 6) is 0.181. The quantitative estimate of drug-likeness (QED) is 0.862. The van der Waals surface area contributed by atoms with Gasteiger partial charge in [-0.25, -0.2) is 8.78 Å². The van der Waals surface area contributed by atoms with Crippen molar-refractivity contribution < 1.29 is 8.78 Å². The Morgan fingerprint density at radius 3 is 2.57 bits per heavy atom. The summed E-state index contributed by atoms with van der Waals surface area (Å²) in [5, 5.41) is 3.70. The molecule has 0 aromatic heterocycles. The zero-order valence-corrected chi connectivity index (χ0v) is 12.4. The van der Waals surface area contributed by atoms with Crippen molar-refractivity contribution in [2.24, 2.45) is 17.3 Å². The highest BCUT2D eigenvalue weighted by Gasteiger charge is 2.50. The van der Waals surface area contributed by atoms with Gasteiger partial charge in [0.25, 0.3) is 0 Å². The van der Waals surface area contributed by atoms with Gasteiger partial charge in [0.1, 0.15) is 0 Å². The van der Waals surface area contributed by atoms with E-state index in [-0.39, 0.29) is 5.41 Å². The third-order valence-corrected chi connectivity index (χ3v) is 5.96. The average Bonchev–Trinajstić information content (AvgIpc) is 3.10. The molecule has 0 heterocycles. The van der Waals surface area contributed by atoms with E-state index >= 15 is 0 Å². The lowest BCUT2D eigenvalue weighted by Crippen LogP contribution is -2.41. The topological polar surface area (TPSA) is 12.0 Å². The molecule has 0 amide bonds. The van der Waals surface area contributed by atoms with Gasteiger partial charge < -0.3 is 5.32 Å². The molecule has 0 radical (unpaired) electrons. The highest BCUT2D eigenvalue weighted by Crippen LogP contribution is 2.57. The summed E-state index contributed by atoms with van der Waals surface area (Å²) < 4.78 is 26.6. The van der Waals surface area contributed by atoms with Crippen LogP contribution >= 0.6 is 0 Å². The summed E-state index contributed by atoms with van der Waals surface area (Å²) in [6.07, 6.45) is 8.79. The van der Waals surface area contributed by atoms with Crippen molar-refractivity contribution in [3.05, 3.63) is 35.4 Å². The van der Waals surface area contributed by atoms with Crippen LogP contribution in [-0.2, 0) is 6.42 Å². The second kappa shape index (κ2) is 5.05. The Kier molecular flexibility index (Phi) is 3.29. The van der Waals surface area contributed by atoms with Crippen LogP contribution in [0.3, 0.4) is 0 Å².